The molecule has 4 rings (SSSR count). The molecule has 0 amide bonds. The van der Waals surface area contributed by atoms with Crippen LogP contribution >= 0.6 is 0 Å². The van der Waals surface area contributed by atoms with Crippen LogP contribution in [0, 0.1) is 0 Å². The summed E-state index contributed by atoms with van der Waals surface area (Å²) in [5.41, 5.74) is 4.46. The molecule has 3 heteroatoms. The van der Waals surface area contributed by atoms with Gasteiger partial charge >= 0.3 is 0 Å². The normalized spacial score (nSPS) is 20.7. The van der Waals surface area contributed by atoms with Crippen LogP contribution in [0.5, 0.6) is 0 Å². The molecule has 1 fully saturated rings. The average Bonchev–Trinajstić information content (AvgIpc) is 2.59. The van der Waals surface area contributed by atoms with Crippen LogP contribution in [0.4, 0.5) is 0 Å². The van der Waals surface area contributed by atoms with E-state index < -0.39 is 0 Å². The zero-order valence-electron chi connectivity index (χ0n) is 13.0. The lowest BCUT2D eigenvalue weighted by Crippen LogP contribution is -2.53. The first-order chi connectivity index (χ1) is 10.9. The van der Waals surface area contributed by atoms with Crippen molar-refractivity contribution in [3.8, 4) is 0 Å². The predicted octanol–water partition coefficient (Wildman–Crippen LogP) is 2.72. The molecule has 1 spiro atoms. The second kappa shape index (κ2) is 5.82. The first-order valence-corrected chi connectivity index (χ1v) is 8.31. The topological polar surface area (TPSA) is 28.2 Å². The van der Waals surface area contributed by atoms with Crippen LogP contribution in [0.3, 0.4) is 0 Å². The van der Waals surface area contributed by atoms with Crippen LogP contribution < -0.4 is 5.32 Å². The summed E-state index contributed by atoms with van der Waals surface area (Å²) in [5.74, 6) is 0. The number of hydrogen-bond acceptors (Lipinski definition) is 3. The summed E-state index contributed by atoms with van der Waals surface area (Å²) < 4.78 is 0. The predicted molar refractivity (Wildman–Crippen MR) is 88.6 cm³/mol. The SMILES string of the molecule is c1ccc(CN2CCC3(CC2)NCCc2ccccc23)nc1. The van der Waals surface area contributed by atoms with Crippen molar-refractivity contribution in [2.24, 2.45) is 0 Å². The quantitative estimate of drug-likeness (QED) is 0.923. The maximum absolute atomic E-state index is 4.46. The van der Waals surface area contributed by atoms with E-state index in [1.54, 1.807) is 11.1 Å². The van der Waals surface area contributed by atoms with Gasteiger partial charge in [0.1, 0.15) is 0 Å². The number of fused-ring (bicyclic) bond motifs is 2. The lowest BCUT2D eigenvalue weighted by atomic mass is 9.76. The van der Waals surface area contributed by atoms with Gasteiger partial charge in [0, 0.05) is 37.9 Å². The fourth-order valence-electron chi connectivity index (χ4n) is 4.00. The number of aromatic nitrogens is 1. The van der Waals surface area contributed by atoms with Gasteiger partial charge in [0.25, 0.3) is 0 Å². The highest BCUT2D eigenvalue weighted by Gasteiger charge is 2.38. The molecule has 1 aromatic carbocycles. The van der Waals surface area contributed by atoms with E-state index in [-0.39, 0.29) is 5.54 Å². The van der Waals surface area contributed by atoms with Gasteiger partial charge in [-0.1, -0.05) is 30.3 Å². The zero-order valence-corrected chi connectivity index (χ0v) is 13.0. The van der Waals surface area contributed by atoms with Gasteiger partial charge in [0.2, 0.25) is 0 Å². The Kier molecular flexibility index (Phi) is 3.68. The summed E-state index contributed by atoms with van der Waals surface area (Å²) >= 11 is 0. The molecule has 1 saturated heterocycles. The Hall–Kier alpha value is -1.71. The standard InChI is InChI=1S/C19H23N3/c1-2-7-18-16(5-1)8-12-21-19(18)9-13-22(14-10-19)15-17-6-3-4-11-20-17/h1-7,11,21H,8-10,12-15H2. The Morgan fingerprint density at radius 2 is 1.86 bits per heavy atom. The monoisotopic (exact) mass is 293 g/mol. The third kappa shape index (κ3) is 2.55. The molecular formula is C19H23N3. The van der Waals surface area contributed by atoms with Gasteiger partial charge in [-0.3, -0.25) is 9.88 Å². The van der Waals surface area contributed by atoms with Crippen molar-refractivity contribution in [1.82, 2.24) is 15.2 Å². The molecule has 22 heavy (non-hydrogen) atoms. The lowest BCUT2D eigenvalue weighted by molar-refractivity contribution is 0.122. The number of hydrogen-bond donors (Lipinski definition) is 1. The largest absolute Gasteiger partial charge is 0.307 e. The molecule has 2 aliphatic rings. The Labute approximate surface area is 132 Å². The number of nitrogens with zero attached hydrogens (tertiary/aromatic N) is 2. The highest BCUT2D eigenvalue weighted by Crippen LogP contribution is 2.37. The van der Waals surface area contributed by atoms with Gasteiger partial charge in [0.05, 0.1) is 5.69 Å². The molecule has 2 aliphatic heterocycles. The minimum absolute atomic E-state index is 0.204. The van der Waals surface area contributed by atoms with E-state index in [0.29, 0.717) is 0 Å². The van der Waals surface area contributed by atoms with Crippen LogP contribution in [-0.4, -0.2) is 29.5 Å². The van der Waals surface area contributed by atoms with Crippen molar-refractivity contribution in [2.45, 2.75) is 31.3 Å². The fourth-order valence-corrected chi connectivity index (χ4v) is 4.00. The van der Waals surface area contributed by atoms with E-state index in [9.17, 15) is 0 Å². The van der Waals surface area contributed by atoms with E-state index in [2.05, 4.69) is 51.6 Å². The molecule has 0 unspecified atom stereocenters. The minimum Gasteiger partial charge on any atom is -0.307 e. The number of likely N-dealkylation sites (tertiary alicyclic amines) is 1. The van der Waals surface area contributed by atoms with Gasteiger partial charge in [-0.15, -0.1) is 0 Å². The summed E-state index contributed by atoms with van der Waals surface area (Å²) in [4.78, 5) is 6.99. The van der Waals surface area contributed by atoms with Crippen LogP contribution in [0.2, 0.25) is 0 Å². The molecule has 0 radical (unpaired) electrons. The molecule has 0 aliphatic carbocycles. The molecular weight excluding hydrogens is 270 g/mol. The number of benzene rings is 1. The Morgan fingerprint density at radius 1 is 1.05 bits per heavy atom. The molecule has 3 nitrogen and oxygen atoms in total. The van der Waals surface area contributed by atoms with E-state index in [0.717, 1.165) is 32.6 Å². The summed E-state index contributed by atoms with van der Waals surface area (Å²) in [6.45, 7) is 4.35. The molecule has 0 bridgehead atoms. The molecule has 0 saturated carbocycles. The van der Waals surface area contributed by atoms with E-state index >= 15 is 0 Å². The van der Waals surface area contributed by atoms with Crippen molar-refractivity contribution >= 4 is 0 Å². The van der Waals surface area contributed by atoms with Crippen LogP contribution in [0.1, 0.15) is 29.7 Å². The van der Waals surface area contributed by atoms with Gasteiger partial charge in [-0.2, -0.15) is 0 Å². The number of pyridine rings is 1. The first-order valence-electron chi connectivity index (χ1n) is 8.31. The minimum atomic E-state index is 0.204. The van der Waals surface area contributed by atoms with Gasteiger partial charge in [-0.05, 0) is 42.5 Å². The highest BCUT2D eigenvalue weighted by atomic mass is 15.2. The second-order valence-corrected chi connectivity index (χ2v) is 6.51. The summed E-state index contributed by atoms with van der Waals surface area (Å²) in [6, 6.07) is 15.2. The second-order valence-electron chi connectivity index (χ2n) is 6.51. The third-order valence-corrected chi connectivity index (χ3v) is 5.21. The van der Waals surface area contributed by atoms with Crippen molar-refractivity contribution < 1.29 is 0 Å². The van der Waals surface area contributed by atoms with Crippen molar-refractivity contribution in [3.05, 3.63) is 65.5 Å². The summed E-state index contributed by atoms with van der Waals surface area (Å²) in [5, 5.41) is 3.83. The van der Waals surface area contributed by atoms with E-state index in [1.165, 1.54) is 18.5 Å². The summed E-state index contributed by atoms with van der Waals surface area (Å²) in [6.07, 6.45) is 5.43. The molecule has 114 valence electrons. The third-order valence-electron chi connectivity index (χ3n) is 5.21. The summed E-state index contributed by atoms with van der Waals surface area (Å²) in [7, 11) is 0. The zero-order chi connectivity index (χ0) is 14.8. The first kappa shape index (κ1) is 13.9. The van der Waals surface area contributed by atoms with Crippen LogP contribution in [-0.2, 0) is 18.5 Å². The van der Waals surface area contributed by atoms with E-state index in [1.807, 2.05) is 12.3 Å². The average molecular weight is 293 g/mol. The maximum atomic E-state index is 4.46. The van der Waals surface area contributed by atoms with Crippen molar-refractivity contribution in [3.63, 3.8) is 0 Å². The Morgan fingerprint density at radius 3 is 2.68 bits per heavy atom. The maximum Gasteiger partial charge on any atom is 0.0543 e. The number of piperidine rings is 1. The Bertz CT molecular complexity index is 630. The molecule has 3 heterocycles. The fraction of sp³-hybridized carbons (Fsp3) is 0.421. The smallest absolute Gasteiger partial charge is 0.0543 e. The number of rotatable bonds is 2. The molecule has 1 aromatic heterocycles. The van der Waals surface area contributed by atoms with E-state index in [4.69, 9.17) is 0 Å². The molecule has 2 aromatic rings. The van der Waals surface area contributed by atoms with Gasteiger partial charge in [-0.25, -0.2) is 0 Å². The highest BCUT2D eigenvalue weighted by molar-refractivity contribution is 5.37. The number of nitrogens with one attached hydrogen (secondary N) is 1. The lowest BCUT2D eigenvalue weighted by Gasteiger charge is -2.46. The van der Waals surface area contributed by atoms with Gasteiger partial charge < -0.3 is 5.32 Å². The van der Waals surface area contributed by atoms with Crippen molar-refractivity contribution in [1.29, 1.82) is 0 Å². The van der Waals surface area contributed by atoms with Crippen LogP contribution in [0.15, 0.2) is 48.7 Å². The van der Waals surface area contributed by atoms with Crippen molar-refractivity contribution in [2.75, 3.05) is 19.6 Å². The van der Waals surface area contributed by atoms with Crippen LogP contribution in [0.25, 0.3) is 0 Å². The Balaban J connectivity index is 1.48. The molecule has 1 N–H and O–H groups in total. The molecule has 0 atom stereocenters. The van der Waals surface area contributed by atoms with Gasteiger partial charge in [0.15, 0.2) is 0 Å².